The number of aryl methyl sites for hydroxylation is 2. The Morgan fingerprint density at radius 1 is 1.25 bits per heavy atom. The molecule has 0 aliphatic carbocycles. The Balaban J connectivity index is 1.87. The van der Waals surface area contributed by atoms with Crippen molar-refractivity contribution in [3.63, 3.8) is 0 Å². The van der Waals surface area contributed by atoms with Gasteiger partial charge in [-0.15, -0.1) is 13.2 Å². The zero-order valence-corrected chi connectivity index (χ0v) is 13.4. The van der Waals surface area contributed by atoms with Gasteiger partial charge in [0.25, 0.3) is 0 Å². The van der Waals surface area contributed by atoms with E-state index in [1.165, 1.54) is 0 Å². The maximum absolute atomic E-state index is 12.1. The number of nitrogens with one attached hydrogen (secondary N) is 1. The van der Waals surface area contributed by atoms with Gasteiger partial charge in [-0.3, -0.25) is 0 Å². The topological polar surface area (TPSA) is 81.4 Å². The summed E-state index contributed by atoms with van der Waals surface area (Å²) in [5, 5.41) is 3.72. The van der Waals surface area contributed by atoms with Gasteiger partial charge in [0.15, 0.2) is 0 Å². The van der Waals surface area contributed by atoms with Crippen LogP contribution in [-0.2, 0) is 16.4 Å². The summed E-state index contributed by atoms with van der Waals surface area (Å²) in [5.41, 5.74) is 0.742. The summed E-state index contributed by atoms with van der Waals surface area (Å²) in [5.74, 6) is 0.169. The predicted octanol–water partition coefficient (Wildman–Crippen LogP) is 2.79. The van der Waals surface area contributed by atoms with Crippen molar-refractivity contribution < 1.29 is 30.8 Å². The normalized spacial score (nSPS) is 12.3. The molecule has 0 amide bonds. The second-order valence-electron chi connectivity index (χ2n) is 4.96. The van der Waals surface area contributed by atoms with Crippen molar-refractivity contribution in [1.82, 2.24) is 9.88 Å². The molecule has 10 heteroatoms. The first kappa shape index (κ1) is 18.3. The number of rotatable bonds is 7. The van der Waals surface area contributed by atoms with E-state index in [2.05, 4.69) is 14.6 Å². The maximum Gasteiger partial charge on any atom is 0.573 e. The van der Waals surface area contributed by atoms with Crippen LogP contribution < -0.4 is 9.46 Å². The van der Waals surface area contributed by atoms with Gasteiger partial charge < -0.3 is 9.26 Å². The molecule has 0 aliphatic rings. The van der Waals surface area contributed by atoms with Crippen molar-refractivity contribution in [1.29, 1.82) is 0 Å². The Morgan fingerprint density at radius 2 is 1.92 bits per heavy atom. The number of sulfonamides is 1. The summed E-state index contributed by atoms with van der Waals surface area (Å²) in [6, 6.07) is 5.74. The molecule has 24 heavy (non-hydrogen) atoms. The first-order chi connectivity index (χ1) is 11.2. The largest absolute Gasteiger partial charge is 0.573 e. The summed E-state index contributed by atoms with van der Waals surface area (Å²) in [4.78, 5) is -0.146. The number of ether oxygens (including phenoxy) is 1. The molecule has 0 spiro atoms. The highest BCUT2D eigenvalue weighted by atomic mass is 32.2. The molecule has 1 aromatic heterocycles. The van der Waals surface area contributed by atoms with E-state index in [1.807, 2.05) is 0 Å². The standard InChI is InChI=1S/C14H15F3N2O4S/c1-10-9-12(23-19-10)3-2-8-18-24(20,21)13-6-4-11(5-7-13)22-14(15,16)17/h4-7,9,18H,2-3,8H2,1H3. The fraction of sp³-hybridized carbons (Fsp3) is 0.357. The van der Waals surface area contributed by atoms with Gasteiger partial charge in [-0.25, -0.2) is 13.1 Å². The molecule has 2 rings (SSSR count). The van der Waals surface area contributed by atoms with Crippen LogP contribution in [0, 0.1) is 6.92 Å². The lowest BCUT2D eigenvalue weighted by Gasteiger charge is -2.10. The van der Waals surface area contributed by atoms with E-state index in [9.17, 15) is 21.6 Å². The number of aromatic nitrogens is 1. The lowest BCUT2D eigenvalue weighted by molar-refractivity contribution is -0.274. The van der Waals surface area contributed by atoms with Crippen LogP contribution in [-0.4, -0.2) is 26.5 Å². The molecule has 0 aliphatic heterocycles. The molecule has 0 saturated carbocycles. The van der Waals surface area contributed by atoms with Crippen LogP contribution in [0.3, 0.4) is 0 Å². The van der Waals surface area contributed by atoms with Crippen LogP contribution in [0.4, 0.5) is 13.2 Å². The van der Waals surface area contributed by atoms with Crippen molar-refractivity contribution in [2.75, 3.05) is 6.54 Å². The molecule has 1 heterocycles. The highest BCUT2D eigenvalue weighted by molar-refractivity contribution is 7.89. The number of hydrogen-bond acceptors (Lipinski definition) is 5. The molecule has 6 nitrogen and oxygen atoms in total. The molecule has 1 N–H and O–H groups in total. The van der Waals surface area contributed by atoms with Crippen LogP contribution in [0.5, 0.6) is 5.75 Å². The van der Waals surface area contributed by atoms with Crippen LogP contribution in [0.2, 0.25) is 0 Å². The Bertz CT molecular complexity index is 770. The average Bonchev–Trinajstić information content (AvgIpc) is 2.88. The van der Waals surface area contributed by atoms with Gasteiger partial charge in [0.2, 0.25) is 10.0 Å². The van der Waals surface area contributed by atoms with E-state index in [0.717, 1.165) is 30.0 Å². The maximum atomic E-state index is 12.1. The minimum absolute atomic E-state index is 0.146. The molecule has 2 aromatic rings. The lowest BCUT2D eigenvalue weighted by Crippen LogP contribution is -2.25. The van der Waals surface area contributed by atoms with Gasteiger partial charge in [-0.05, 0) is 37.6 Å². The van der Waals surface area contributed by atoms with Gasteiger partial charge in [0.05, 0.1) is 10.6 Å². The van der Waals surface area contributed by atoms with Gasteiger partial charge in [-0.2, -0.15) is 0 Å². The van der Waals surface area contributed by atoms with E-state index in [0.29, 0.717) is 18.6 Å². The number of hydrogen-bond donors (Lipinski definition) is 1. The Hall–Kier alpha value is -2.07. The van der Waals surface area contributed by atoms with Crippen molar-refractivity contribution in [3.8, 4) is 5.75 Å². The molecule has 0 atom stereocenters. The molecule has 132 valence electrons. The van der Waals surface area contributed by atoms with Crippen LogP contribution >= 0.6 is 0 Å². The number of halogens is 3. The second-order valence-corrected chi connectivity index (χ2v) is 6.72. The van der Waals surface area contributed by atoms with Gasteiger partial charge in [0.1, 0.15) is 11.5 Å². The minimum atomic E-state index is -4.82. The first-order valence-electron chi connectivity index (χ1n) is 6.93. The molecular formula is C14H15F3N2O4S. The second kappa shape index (κ2) is 7.22. The van der Waals surface area contributed by atoms with Crippen molar-refractivity contribution in [2.24, 2.45) is 0 Å². The highest BCUT2D eigenvalue weighted by Crippen LogP contribution is 2.23. The third-order valence-corrected chi connectivity index (χ3v) is 4.41. The van der Waals surface area contributed by atoms with E-state index >= 15 is 0 Å². The van der Waals surface area contributed by atoms with Crippen LogP contribution in [0.1, 0.15) is 17.9 Å². The van der Waals surface area contributed by atoms with Gasteiger partial charge >= 0.3 is 6.36 Å². The Labute approximate surface area is 136 Å². The summed E-state index contributed by atoms with van der Waals surface area (Å²) in [6.07, 6.45) is -3.82. The molecule has 0 saturated heterocycles. The van der Waals surface area contributed by atoms with E-state index < -0.39 is 22.1 Å². The Morgan fingerprint density at radius 3 is 2.46 bits per heavy atom. The minimum Gasteiger partial charge on any atom is -0.406 e. The quantitative estimate of drug-likeness (QED) is 0.764. The molecule has 0 unspecified atom stereocenters. The highest BCUT2D eigenvalue weighted by Gasteiger charge is 2.31. The van der Waals surface area contributed by atoms with Crippen molar-refractivity contribution in [3.05, 3.63) is 41.8 Å². The zero-order chi connectivity index (χ0) is 17.8. The average molecular weight is 364 g/mol. The number of alkyl halides is 3. The molecule has 0 bridgehead atoms. The Kier molecular flexibility index (Phi) is 5.50. The van der Waals surface area contributed by atoms with Gasteiger partial charge in [0, 0.05) is 19.0 Å². The third kappa shape index (κ3) is 5.53. The fourth-order valence-corrected chi connectivity index (χ4v) is 2.98. The smallest absolute Gasteiger partial charge is 0.406 e. The summed E-state index contributed by atoms with van der Waals surface area (Å²) < 4.78 is 71.3. The van der Waals surface area contributed by atoms with E-state index in [4.69, 9.17) is 4.52 Å². The third-order valence-electron chi connectivity index (χ3n) is 2.94. The summed E-state index contributed by atoms with van der Waals surface area (Å²) in [6.45, 7) is 1.94. The monoisotopic (exact) mass is 364 g/mol. The molecule has 0 radical (unpaired) electrons. The fourth-order valence-electron chi connectivity index (χ4n) is 1.91. The number of nitrogens with zero attached hydrogens (tertiary/aromatic N) is 1. The van der Waals surface area contributed by atoms with Crippen molar-refractivity contribution in [2.45, 2.75) is 31.0 Å². The molecule has 0 fully saturated rings. The van der Waals surface area contributed by atoms with Crippen molar-refractivity contribution >= 4 is 10.0 Å². The molecule has 1 aromatic carbocycles. The number of benzene rings is 1. The van der Waals surface area contributed by atoms with Crippen LogP contribution in [0.25, 0.3) is 0 Å². The zero-order valence-electron chi connectivity index (χ0n) is 12.6. The predicted molar refractivity (Wildman–Crippen MR) is 77.9 cm³/mol. The lowest BCUT2D eigenvalue weighted by atomic mass is 10.2. The SMILES string of the molecule is Cc1cc(CCCNS(=O)(=O)c2ccc(OC(F)(F)F)cc2)on1. The molecular weight excluding hydrogens is 349 g/mol. The van der Waals surface area contributed by atoms with Crippen LogP contribution in [0.15, 0.2) is 39.8 Å². The summed E-state index contributed by atoms with van der Waals surface area (Å²) in [7, 11) is -3.80. The van der Waals surface area contributed by atoms with Gasteiger partial charge in [-0.1, -0.05) is 5.16 Å². The van der Waals surface area contributed by atoms with E-state index in [1.54, 1.807) is 13.0 Å². The summed E-state index contributed by atoms with van der Waals surface area (Å²) >= 11 is 0. The van der Waals surface area contributed by atoms with E-state index in [-0.39, 0.29) is 11.4 Å². The first-order valence-corrected chi connectivity index (χ1v) is 8.42.